The molecule has 2 aliphatic carbocycles. The normalized spacial score (nSPS) is 32.9. The summed E-state index contributed by atoms with van der Waals surface area (Å²) in [5, 5.41) is 9.04. The van der Waals surface area contributed by atoms with Gasteiger partial charge in [-0.15, -0.1) is 0 Å². The van der Waals surface area contributed by atoms with Crippen LogP contribution in [0.1, 0.15) is 16.8 Å². The van der Waals surface area contributed by atoms with Crippen molar-refractivity contribution in [2.24, 2.45) is 23.7 Å². The van der Waals surface area contributed by atoms with Gasteiger partial charge in [0, 0.05) is 0 Å². The van der Waals surface area contributed by atoms with Crippen molar-refractivity contribution >= 4 is 23.5 Å². The lowest BCUT2D eigenvalue weighted by Gasteiger charge is -2.17. The van der Waals surface area contributed by atoms with Gasteiger partial charge in [0.05, 0.1) is 23.1 Å². The van der Waals surface area contributed by atoms with Crippen LogP contribution in [0.5, 0.6) is 0 Å². The van der Waals surface area contributed by atoms with Crippen LogP contribution in [0.3, 0.4) is 0 Å². The maximum atomic E-state index is 12.6. The van der Waals surface area contributed by atoms with Crippen LogP contribution in [0.15, 0.2) is 36.4 Å². The molecule has 3 aliphatic rings. The molecule has 2 fully saturated rings. The standard InChI is InChI=1S/C16H13NO4/c18-14-12-8-4-5-9(6-8)13(12)15(19)17(14)11-3-1-2-10(7-11)16(20)21/h1-5,7-9,12-13H,6H2,(H,20,21)/t8-,9-,12+,13+/m0/s1. The number of nitrogens with zero attached hydrogens (tertiary/aromatic N) is 1. The van der Waals surface area contributed by atoms with Gasteiger partial charge in [-0.25, -0.2) is 9.69 Å². The fraction of sp³-hybridized carbons (Fsp3) is 0.312. The molecule has 0 aromatic heterocycles. The molecule has 0 spiro atoms. The smallest absolute Gasteiger partial charge is 0.335 e. The van der Waals surface area contributed by atoms with Crippen molar-refractivity contribution in [1.82, 2.24) is 0 Å². The fourth-order valence-corrected chi connectivity index (χ4v) is 3.93. The number of rotatable bonds is 2. The van der Waals surface area contributed by atoms with Gasteiger partial charge in [-0.3, -0.25) is 9.59 Å². The van der Waals surface area contributed by atoms with E-state index in [0.717, 1.165) is 6.42 Å². The Bertz CT molecular complexity index is 678. The van der Waals surface area contributed by atoms with Gasteiger partial charge in [-0.05, 0) is 36.5 Å². The SMILES string of the molecule is O=C(O)c1cccc(N2C(=O)[C@H]3[C@H](C2=O)[C@H]2C=C[C@H]3C2)c1. The number of aromatic carboxylic acids is 1. The molecule has 1 saturated carbocycles. The minimum atomic E-state index is -1.07. The van der Waals surface area contributed by atoms with Crippen molar-refractivity contribution in [3.05, 3.63) is 42.0 Å². The van der Waals surface area contributed by atoms with Crippen LogP contribution < -0.4 is 4.90 Å². The lowest BCUT2D eigenvalue weighted by molar-refractivity contribution is -0.123. The average molecular weight is 283 g/mol. The molecule has 1 N–H and O–H groups in total. The number of imide groups is 1. The molecular weight excluding hydrogens is 270 g/mol. The number of fused-ring (bicyclic) bond motifs is 5. The molecule has 0 radical (unpaired) electrons. The number of carboxylic acid groups (broad SMARTS) is 1. The fourth-order valence-electron chi connectivity index (χ4n) is 3.93. The van der Waals surface area contributed by atoms with Gasteiger partial charge in [0.2, 0.25) is 11.8 Å². The Morgan fingerprint density at radius 1 is 1.10 bits per heavy atom. The summed E-state index contributed by atoms with van der Waals surface area (Å²) in [7, 11) is 0. The summed E-state index contributed by atoms with van der Waals surface area (Å²) in [4.78, 5) is 37.4. The summed E-state index contributed by atoms with van der Waals surface area (Å²) in [5.74, 6) is -1.66. The molecule has 1 aromatic rings. The van der Waals surface area contributed by atoms with E-state index in [1.54, 1.807) is 12.1 Å². The van der Waals surface area contributed by atoms with E-state index in [4.69, 9.17) is 5.11 Å². The van der Waals surface area contributed by atoms with E-state index in [9.17, 15) is 14.4 Å². The number of anilines is 1. The maximum Gasteiger partial charge on any atom is 0.335 e. The first-order valence-electron chi connectivity index (χ1n) is 6.97. The van der Waals surface area contributed by atoms with E-state index < -0.39 is 5.97 Å². The monoisotopic (exact) mass is 283 g/mol. The van der Waals surface area contributed by atoms with Gasteiger partial charge in [0.1, 0.15) is 0 Å². The Morgan fingerprint density at radius 2 is 1.71 bits per heavy atom. The molecule has 5 heteroatoms. The van der Waals surface area contributed by atoms with Crippen LogP contribution in [0.4, 0.5) is 5.69 Å². The van der Waals surface area contributed by atoms with Crippen molar-refractivity contribution in [1.29, 1.82) is 0 Å². The van der Waals surface area contributed by atoms with Gasteiger partial charge >= 0.3 is 5.97 Å². The minimum Gasteiger partial charge on any atom is -0.478 e. The van der Waals surface area contributed by atoms with E-state index in [2.05, 4.69) is 0 Å². The first kappa shape index (κ1) is 12.3. The third kappa shape index (κ3) is 1.54. The molecule has 4 rings (SSSR count). The van der Waals surface area contributed by atoms with Gasteiger partial charge in [0.15, 0.2) is 0 Å². The number of allylic oxidation sites excluding steroid dienone is 2. The predicted molar refractivity (Wildman–Crippen MR) is 73.6 cm³/mol. The van der Waals surface area contributed by atoms with Crippen molar-refractivity contribution in [2.75, 3.05) is 4.90 Å². The number of benzene rings is 1. The van der Waals surface area contributed by atoms with Crippen LogP contribution in [0.25, 0.3) is 0 Å². The van der Waals surface area contributed by atoms with E-state index >= 15 is 0 Å². The molecule has 1 aromatic carbocycles. The Labute approximate surface area is 120 Å². The summed E-state index contributed by atoms with van der Waals surface area (Å²) in [6.07, 6.45) is 4.96. The number of carbonyl (C=O) groups is 3. The summed E-state index contributed by atoms with van der Waals surface area (Å²) in [6.45, 7) is 0. The Morgan fingerprint density at radius 3 is 2.29 bits per heavy atom. The van der Waals surface area contributed by atoms with Crippen LogP contribution in [0.2, 0.25) is 0 Å². The molecule has 4 atom stereocenters. The lowest BCUT2D eigenvalue weighted by atomic mass is 9.85. The molecule has 1 saturated heterocycles. The first-order valence-corrected chi connectivity index (χ1v) is 6.97. The molecule has 2 bridgehead atoms. The Hall–Kier alpha value is -2.43. The summed E-state index contributed by atoms with van der Waals surface area (Å²) in [6, 6.07) is 6.00. The first-order chi connectivity index (χ1) is 10.1. The van der Waals surface area contributed by atoms with E-state index in [-0.39, 0.29) is 41.0 Å². The van der Waals surface area contributed by atoms with E-state index in [1.165, 1.54) is 17.0 Å². The largest absolute Gasteiger partial charge is 0.478 e. The number of carboxylic acids is 1. The Balaban J connectivity index is 1.74. The van der Waals surface area contributed by atoms with Gasteiger partial charge in [-0.1, -0.05) is 18.2 Å². The maximum absolute atomic E-state index is 12.6. The van der Waals surface area contributed by atoms with Crippen molar-refractivity contribution in [3.63, 3.8) is 0 Å². The van der Waals surface area contributed by atoms with Gasteiger partial charge in [0.25, 0.3) is 0 Å². The minimum absolute atomic E-state index is 0.0752. The van der Waals surface area contributed by atoms with Crippen molar-refractivity contribution in [2.45, 2.75) is 6.42 Å². The summed E-state index contributed by atoms with van der Waals surface area (Å²) < 4.78 is 0. The van der Waals surface area contributed by atoms with Crippen LogP contribution in [-0.4, -0.2) is 22.9 Å². The van der Waals surface area contributed by atoms with Crippen LogP contribution in [0, 0.1) is 23.7 Å². The molecule has 2 amide bonds. The highest BCUT2D eigenvalue weighted by Gasteiger charge is 2.59. The molecule has 21 heavy (non-hydrogen) atoms. The molecule has 1 heterocycles. The highest BCUT2D eigenvalue weighted by Crippen LogP contribution is 2.53. The Kier molecular flexibility index (Phi) is 2.37. The zero-order valence-corrected chi connectivity index (χ0v) is 11.1. The number of carbonyl (C=O) groups excluding carboxylic acids is 2. The molecule has 5 nitrogen and oxygen atoms in total. The quantitative estimate of drug-likeness (QED) is 0.662. The van der Waals surface area contributed by atoms with Gasteiger partial charge < -0.3 is 5.11 Å². The summed E-state index contributed by atoms with van der Waals surface area (Å²) >= 11 is 0. The second-order valence-corrected chi connectivity index (χ2v) is 5.87. The van der Waals surface area contributed by atoms with Crippen molar-refractivity contribution in [3.8, 4) is 0 Å². The predicted octanol–water partition coefficient (Wildman–Crippen LogP) is 1.70. The average Bonchev–Trinajstić information content (AvgIpc) is 3.13. The van der Waals surface area contributed by atoms with E-state index in [1.807, 2.05) is 12.2 Å². The third-order valence-electron chi connectivity index (χ3n) is 4.82. The zero-order chi connectivity index (χ0) is 14.7. The lowest BCUT2D eigenvalue weighted by Crippen LogP contribution is -2.32. The number of amides is 2. The van der Waals surface area contributed by atoms with Crippen LogP contribution in [-0.2, 0) is 9.59 Å². The number of hydrogen-bond donors (Lipinski definition) is 1. The molecule has 1 aliphatic heterocycles. The third-order valence-corrected chi connectivity index (χ3v) is 4.82. The highest BCUT2D eigenvalue weighted by atomic mass is 16.4. The second-order valence-electron chi connectivity index (χ2n) is 5.87. The van der Waals surface area contributed by atoms with Gasteiger partial charge in [-0.2, -0.15) is 0 Å². The highest BCUT2D eigenvalue weighted by molar-refractivity contribution is 6.23. The molecule has 0 unspecified atom stereocenters. The topological polar surface area (TPSA) is 74.7 Å². The summed E-state index contributed by atoms with van der Waals surface area (Å²) in [5.41, 5.74) is 0.435. The molecular formula is C16H13NO4. The van der Waals surface area contributed by atoms with E-state index in [0.29, 0.717) is 5.69 Å². The zero-order valence-electron chi connectivity index (χ0n) is 11.1. The molecule has 106 valence electrons. The second kappa shape index (κ2) is 4.04. The van der Waals surface area contributed by atoms with Crippen LogP contribution >= 0.6 is 0 Å². The van der Waals surface area contributed by atoms with Crippen molar-refractivity contribution < 1.29 is 19.5 Å². The number of hydrogen-bond acceptors (Lipinski definition) is 3.